The molecule has 108 valence electrons. The molecule has 2 aliphatic heterocycles. The Labute approximate surface area is 124 Å². The molecule has 0 spiro atoms. The van der Waals surface area contributed by atoms with Gasteiger partial charge in [-0.2, -0.15) is 0 Å². The number of fused-ring (bicyclic) bond motifs is 1. The number of anilines is 1. The summed E-state index contributed by atoms with van der Waals surface area (Å²) in [5.74, 6) is -0.0511. The molecule has 1 amide bonds. The molecule has 3 rings (SSSR count). The minimum absolute atomic E-state index is 0.0511. The predicted molar refractivity (Wildman–Crippen MR) is 80.9 cm³/mol. The highest BCUT2D eigenvalue weighted by Gasteiger charge is 2.32. The SMILES string of the molecule is Nc1cc(C(=O)NC2CCN3CCCC3C2)ccc1Cl. The van der Waals surface area contributed by atoms with Crippen molar-refractivity contribution in [3.05, 3.63) is 28.8 Å². The molecule has 2 saturated heterocycles. The number of piperidine rings is 1. The van der Waals surface area contributed by atoms with E-state index >= 15 is 0 Å². The van der Waals surface area contributed by atoms with E-state index in [9.17, 15) is 4.79 Å². The second-order valence-electron chi connectivity index (χ2n) is 5.76. The monoisotopic (exact) mass is 293 g/mol. The van der Waals surface area contributed by atoms with Crippen LogP contribution in [0, 0.1) is 0 Å². The van der Waals surface area contributed by atoms with Gasteiger partial charge in [0.2, 0.25) is 0 Å². The number of nitrogen functional groups attached to an aromatic ring is 1. The van der Waals surface area contributed by atoms with Crippen LogP contribution in [0.1, 0.15) is 36.0 Å². The Morgan fingerprint density at radius 1 is 1.35 bits per heavy atom. The summed E-state index contributed by atoms with van der Waals surface area (Å²) in [6.07, 6.45) is 4.65. The Balaban J connectivity index is 1.62. The number of hydrogen-bond acceptors (Lipinski definition) is 3. The van der Waals surface area contributed by atoms with Crippen LogP contribution in [0.4, 0.5) is 5.69 Å². The number of benzene rings is 1. The molecular formula is C15H20ClN3O. The van der Waals surface area contributed by atoms with Crippen LogP contribution >= 0.6 is 11.6 Å². The summed E-state index contributed by atoms with van der Waals surface area (Å²) in [6.45, 7) is 2.32. The molecule has 20 heavy (non-hydrogen) atoms. The number of nitrogens with one attached hydrogen (secondary N) is 1. The lowest BCUT2D eigenvalue weighted by Gasteiger charge is -2.35. The molecule has 3 N–H and O–H groups in total. The summed E-state index contributed by atoms with van der Waals surface area (Å²) in [4.78, 5) is 14.8. The van der Waals surface area contributed by atoms with Crippen LogP contribution in [0.5, 0.6) is 0 Å². The molecule has 2 atom stereocenters. The Morgan fingerprint density at radius 2 is 2.20 bits per heavy atom. The van der Waals surface area contributed by atoms with Gasteiger partial charge in [-0.15, -0.1) is 0 Å². The molecule has 0 radical (unpaired) electrons. The Bertz CT molecular complexity index is 520. The lowest BCUT2D eigenvalue weighted by Crippen LogP contribution is -2.47. The first-order valence-electron chi connectivity index (χ1n) is 7.23. The minimum atomic E-state index is -0.0511. The van der Waals surface area contributed by atoms with Crippen molar-refractivity contribution in [3.8, 4) is 0 Å². The summed E-state index contributed by atoms with van der Waals surface area (Å²) >= 11 is 5.88. The van der Waals surface area contributed by atoms with Crippen molar-refractivity contribution in [2.45, 2.75) is 37.8 Å². The fourth-order valence-electron chi connectivity index (χ4n) is 3.31. The Kier molecular flexibility index (Phi) is 3.85. The zero-order valence-electron chi connectivity index (χ0n) is 11.4. The number of amides is 1. The molecular weight excluding hydrogens is 274 g/mol. The number of nitrogens with two attached hydrogens (primary N) is 1. The number of rotatable bonds is 2. The van der Waals surface area contributed by atoms with Crippen molar-refractivity contribution < 1.29 is 4.79 Å². The van der Waals surface area contributed by atoms with Gasteiger partial charge in [0.25, 0.3) is 5.91 Å². The average molecular weight is 294 g/mol. The maximum absolute atomic E-state index is 12.2. The molecule has 5 heteroatoms. The number of nitrogens with zero attached hydrogens (tertiary/aromatic N) is 1. The maximum atomic E-state index is 12.2. The molecule has 0 saturated carbocycles. The zero-order valence-corrected chi connectivity index (χ0v) is 12.2. The molecule has 2 fully saturated rings. The third kappa shape index (κ3) is 2.76. The van der Waals surface area contributed by atoms with Gasteiger partial charge in [0.15, 0.2) is 0 Å². The normalized spacial score (nSPS) is 26.2. The van der Waals surface area contributed by atoms with Crippen molar-refractivity contribution in [1.82, 2.24) is 10.2 Å². The smallest absolute Gasteiger partial charge is 0.251 e. The molecule has 0 aromatic heterocycles. The first-order chi connectivity index (χ1) is 9.63. The number of hydrogen-bond donors (Lipinski definition) is 2. The second kappa shape index (κ2) is 5.62. The summed E-state index contributed by atoms with van der Waals surface area (Å²) < 4.78 is 0. The summed E-state index contributed by atoms with van der Waals surface area (Å²) in [7, 11) is 0. The van der Waals surface area contributed by atoms with Crippen molar-refractivity contribution in [2.24, 2.45) is 0 Å². The first-order valence-corrected chi connectivity index (χ1v) is 7.61. The van der Waals surface area contributed by atoms with E-state index in [1.54, 1.807) is 18.2 Å². The van der Waals surface area contributed by atoms with Gasteiger partial charge in [0.05, 0.1) is 10.7 Å². The number of carbonyl (C=O) groups excluding carboxylic acids is 1. The van der Waals surface area contributed by atoms with Crippen LogP contribution in [-0.4, -0.2) is 36.0 Å². The molecule has 2 aliphatic rings. The van der Waals surface area contributed by atoms with Gasteiger partial charge in [0, 0.05) is 24.2 Å². The van der Waals surface area contributed by atoms with Gasteiger partial charge < -0.3 is 16.0 Å². The van der Waals surface area contributed by atoms with Crippen LogP contribution in [0.3, 0.4) is 0 Å². The number of halogens is 1. The summed E-state index contributed by atoms with van der Waals surface area (Å²) in [5.41, 5.74) is 6.78. The van der Waals surface area contributed by atoms with Crippen molar-refractivity contribution in [3.63, 3.8) is 0 Å². The van der Waals surface area contributed by atoms with Crippen LogP contribution in [0.15, 0.2) is 18.2 Å². The van der Waals surface area contributed by atoms with Crippen LogP contribution in [-0.2, 0) is 0 Å². The zero-order chi connectivity index (χ0) is 14.1. The van der Waals surface area contributed by atoms with Gasteiger partial charge in [0.1, 0.15) is 0 Å². The fraction of sp³-hybridized carbons (Fsp3) is 0.533. The average Bonchev–Trinajstić information content (AvgIpc) is 2.89. The van der Waals surface area contributed by atoms with Crippen LogP contribution in [0.25, 0.3) is 0 Å². The van der Waals surface area contributed by atoms with Crippen molar-refractivity contribution >= 4 is 23.2 Å². The van der Waals surface area contributed by atoms with Crippen LogP contribution < -0.4 is 11.1 Å². The van der Waals surface area contributed by atoms with E-state index < -0.39 is 0 Å². The van der Waals surface area contributed by atoms with Crippen molar-refractivity contribution in [2.75, 3.05) is 18.8 Å². The van der Waals surface area contributed by atoms with E-state index in [1.807, 2.05) is 0 Å². The van der Waals surface area contributed by atoms with Gasteiger partial charge in [-0.3, -0.25) is 4.79 Å². The molecule has 4 nitrogen and oxygen atoms in total. The second-order valence-corrected chi connectivity index (χ2v) is 6.17. The van der Waals surface area contributed by atoms with E-state index in [0.29, 0.717) is 22.3 Å². The lowest BCUT2D eigenvalue weighted by molar-refractivity contribution is 0.0896. The van der Waals surface area contributed by atoms with Gasteiger partial charge in [-0.25, -0.2) is 0 Å². The minimum Gasteiger partial charge on any atom is -0.398 e. The van der Waals surface area contributed by atoms with Gasteiger partial charge >= 0.3 is 0 Å². The molecule has 2 unspecified atom stereocenters. The predicted octanol–water partition coefficient (Wildman–Crippen LogP) is 2.28. The quantitative estimate of drug-likeness (QED) is 0.823. The molecule has 0 bridgehead atoms. The van der Waals surface area contributed by atoms with E-state index in [2.05, 4.69) is 10.2 Å². The maximum Gasteiger partial charge on any atom is 0.251 e. The summed E-state index contributed by atoms with van der Waals surface area (Å²) in [6, 6.07) is 5.97. The number of carbonyl (C=O) groups is 1. The van der Waals surface area contributed by atoms with E-state index in [1.165, 1.54) is 19.4 Å². The first kappa shape index (κ1) is 13.7. The molecule has 1 aromatic carbocycles. The van der Waals surface area contributed by atoms with E-state index in [0.717, 1.165) is 19.4 Å². The highest BCUT2D eigenvalue weighted by atomic mass is 35.5. The van der Waals surface area contributed by atoms with Crippen molar-refractivity contribution in [1.29, 1.82) is 0 Å². The Hall–Kier alpha value is -1.26. The van der Waals surface area contributed by atoms with Gasteiger partial charge in [-0.1, -0.05) is 11.6 Å². The third-order valence-corrected chi connectivity index (χ3v) is 4.76. The molecule has 0 aliphatic carbocycles. The lowest BCUT2D eigenvalue weighted by atomic mass is 9.97. The van der Waals surface area contributed by atoms with E-state index in [4.69, 9.17) is 17.3 Å². The van der Waals surface area contributed by atoms with Crippen LogP contribution in [0.2, 0.25) is 5.02 Å². The van der Waals surface area contributed by atoms with Gasteiger partial charge in [-0.05, 0) is 50.4 Å². The highest BCUT2D eigenvalue weighted by molar-refractivity contribution is 6.33. The Morgan fingerprint density at radius 3 is 3.00 bits per heavy atom. The molecule has 2 heterocycles. The third-order valence-electron chi connectivity index (χ3n) is 4.41. The standard InChI is InChI=1S/C15H20ClN3O/c16-13-4-3-10(8-14(13)17)15(20)18-11-5-7-19-6-1-2-12(19)9-11/h3-4,8,11-12H,1-2,5-7,9,17H2,(H,18,20). The summed E-state index contributed by atoms with van der Waals surface area (Å²) in [5, 5.41) is 3.62. The fourth-order valence-corrected chi connectivity index (χ4v) is 3.43. The molecule has 1 aromatic rings. The topological polar surface area (TPSA) is 58.4 Å². The highest BCUT2D eigenvalue weighted by Crippen LogP contribution is 2.27. The largest absolute Gasteiger partial charge is 0.398 e. The van der Waals surface area contributed by atoms with E-state index in [-0.39, 0.29) is 11.9 Å².